The molecule has 0 radical (unpaired) electrons. The summed E-state index contributed by atoms with van der Waals surface area (Å²) in [7, 11) is 1.68. The van der Waals surface area contributed by atoms with Crippen molar-refractivity contribution in [1.29, 1.82) is 0 Å². The summed E-state index contributed by atoms with van der Waals surface area (Å²) in [5.74, 6) is 0.124. The van der Waals surface area contributed by atoms with Crippen LogP contribution in [0.1, 0.15) is 38.4 Å². The maximum absolute atomic E-state index is 12.7. The molecule has 0 bridgehead atoms. The van der Waals surface area contributed by atoms with Gasteiger partial charge < -0.3 is 9.73 Å². The van der Waals surface area contributed by atoms with Crippen molar-refractivity contribution in [2.24, 2.45) is 0 Å². The molecule has 2 amide bonds. The van der Waals surface area contributed by atoms with Gasteiger partial charge in [0.15, 0.2) is 0 Å². The number of nitrogens with zero attached hydrogens (tertiary/aromatic N) is 4. The molecule has 8 nitrogen and oxygen atoms in total. The van der Waals surface area contributed by atoms with E-state index in [2.05, 4.69) is 20.5 Å². The van der Waals surface area contributed by atoms with Gasteiger partial charge in [-0.2, -0.15) is 0 Å². The minimum atomic E-state index is -0.663. The SMILES string of the molecule is Cc1nc2c(s1)CC[C@H](NC(=O)c1nnc(Cc3ccccc3)o1)C(=O)N2C. The average molecular weight is 397 g/mol. The number of carbonyl (C=O) groups is 2. The minimum absolute atomic E-state index is 0.144. The Hall–Kier alpha value is -3.07. The Morgan fingerprint density at radius 1 is 1.32 bits per heavy atom. The Balaban J connectivity index is 1.44. The smallest absolute Gasteiger partial charge is 0.309 e. The lowest BCUT2D eigenvalue weighted by Crippen LogP contribution is -2.47. The van der Waals surface area contributed by atoms with Gasteiger partial charge in [0, 0.05) is 11.9 Å². The molecule has 0 aliphatic carbocycles. The molecule has 9 heteroatoms. The van der Waals surface area contributed by atoms with E-state index in [1.165, 1.54) is 4.90 Å². The van der Waals surface area contributed by atoms with Crippen molar-refractivity contribution in [3.05, 3.63) is 57.6 Å². The molecular weight excluding hydrogens is 378 g/mol. The number of nitrogens with one attached hydrogen (secondary N) is 1. The van der Waals surface area contributed by atoms with Crippen molar-refractivity contribution < 1.29 is 14.0 Å². The number of hydrogen-bond donors (Lipinski definition) is 1. The summed E-state index contributed by atoms with van der Waals surface area (Å²) in [4.78, 5) is 32.2. The molecule has 4 rings (SSSR count). The number of hydrogen-bond acceptors (Lipinski definition) is 7. The van der Waals surface area contributed by atoms with Gasteiger partial charge in [-0.25, -0.2) is 4.98 Å². The highest BCUT2D eigenvalue weighted by molar-refractivity contribution is 7.12. The van der Waals surface area contributed by atoms with Gasteiger partial charge in [0.05, 0.1) is 11.4 Å². The number of carbonyl (C=O) groups excluding carboxylic acids is 2. The van der Waals surface area contributed by atoms with Crippen molar-refractivity contribution in [1.82, 2.24) is 20.5 Å². The molecule has 0 fully saturated rings. The number of likely N-dealkylation sites (N-methyl/N-ethyl adjacent to an activating group) is 1. The van der Waals surface area contributed by atoms with Gasteiger partial charge in [-0.1, -0.05) is 30.3 Å². The zero-order chi connectivity index (χ0) is 19.7. The summed E-state index contributed by atoms with van der Waals surface area (Å²) in [5.41, 5.74) is 1.01. The van der Waals surface area contributed by atoms with Crippen LogP contribution >= 0.6 is 11.3 Å². The quantitative estimate of drug-likeness (QED) is 0.724. The molecule has 0 spiro atoms. The number of amides is 2. The maximum Gasteiger partial charge on any atom is 0.309 e. The van der Waals surface area contributed by atoms with Gasteiger partial charge in [-0.3, -0.25) is 14.5 Å². The third kappa shape index (κ3) is 3.65. The van der Waals surface area contributed by atoms with Crippen LogP contribution in [0.5, 0.6) is 0 Å². The lowest BCUT2D eigenvalue weighted by Gasteiger charge is -2.19. The van der Waals surface area contributed by atoms with Crippen molar-refractivity contribution in [2.75, 3.05) is 11.9 Å². The Bertz CT molecular complexity index is 1010. The van der Waals surface area contributed by atoms with Gasteiger partial charge in [0.25, 0.3) is 5.91 Å². The number of rotatable bonds is 4. The summed E-state index contributed by atoms with van der Waals surface area (Å²) >= 11 is 1.57. The monoisotopic (exact) mass is 397 g/mol. The highest BCUT2D eigenvalue weighted by Crippen LogP contribution is 2.30. The van der Waals surface area contributed by atoms with Crippen molar-refractivity contribution in [3.63, 3.8) is 0 Å². The largest absolute Gasteiger partial charge is 0.417 e. The molecule has 28 heavy (non-hydrogen) atoms. The first-order valence-electron chi connectivity index (χ1n) is 8.92. The number of aromatic nitrogens is 3. The van der Waals surface area contributed by atoms with E-state index in [0.717, 1.165) is 15.4 Å². The first kappa shape index (κ1) is 18.3. The van der Waals surface area contributed by atoms with Crippen LogP contribution in [-0.4, -0.2) is 40.1 Å². The van der Waals surface area contributed by atoms with Crippen LogP contribution in [0.3, 0.4) is 0 Å². The summed E-state index contributed by atoms with van der Waals surface area (Å²) in [6, 6.07) is 8.98. The van der Waals surface area contributed by atoms with Crippen LogP contribution in [0.4, 0.5) is 5.82 Å². The van der Waals surface area contributed by atoms with Gasteiger partial charge >= 0.3 is 11.8 Å². The highest BCUT2D eigenvalue weighted by Gasteiger charge is 2.32. The lowest BCUT2D eigenvalue weighted by molar-refractivity contribution is -0.120. The van der Waals surface area contributed by atoms with E-state index in [1.54, 1.807) is 18.4 Å². The second kappa shape index (κ2) is 7.51. The van der Waals surface area contributed by atoms with Crippen molar-refractivity contribution in [2.45, 2.75) is 32.2 Å². The van der Waals surface area contributed by atoms with Crippen LogP contribution in [0, 0.1) is 6.92 Å². The molecule has 1 N–H and O–H groups in total. The number of aryl methyl sites for hydroxylation is 2. The molecule has 144 valence electrons. The Labute approximate surface area is 165 Å². The zero-order valence-electron chi connectivity index (χ0n) is 15.5. The fourth-order valence-corrected chi connectivity index (χ4v) is 4.14. The van der Waals surface area contributed by atoms with Crippen LogP contribution in [0.25, 0.3) is 0 Å². The molecule has 0 saturated carbocycles. The van der Waals surface area contributed by atoms with E-state index in [4.69, 9.17) is 4.42 Å². The Morgan fingerprint density at radius 3 is 2.89 bits per heavy atom. The third-order valence-corrected chi connectivity index (χ3v) is 5.57. The normalized spacial score (nSPS) is 16.6. The Morgan fingerprint density at radius 2 is 2.11 bits per heavy atom. The van der Waals surface area contributed by atoms with Gasteiger partial charge in [-0.15, -0.1) is 21.5 Å². The van der Waals surface area contributed by atoms with E-state index >= 15 is 0 Å². The number of fused-ring (bicyclic) bond motifs is 1. The predicted molar refractivity (Wildman–Crippen MR) is 103 cm³/mol. The number of thiazole rings is 1. The molecule has 1 aliphatic heterocycles. The summed E-state index contributed by atoms with van der Waals surface area (Å²) < 4.78 is 5.48. The first-order valence-corrected chi connectivity index (χ1v) is 9.74. The van der Waals surface area contributed by atoms with Gasteiger partial charge in [0.2, 0.25) is 5.89 Å². The fraction of sp³-hybridized carbons (Fsp3) is 0.316. The second-order valence-corrected chi connectivity index (χ2v) is 7.89. The van der Waals surface area contributed by atoms with Crippen LogP contribution < -0.4 is 10.2 Å². The minimum Gasteiger partial charge on any atom is -0.417 e. The van der Waals surface area contributed by atoms with Gasteiger partial charge in [0.1, 0.15) is 11.9 Å². The molecule has 2 aromatic heterocycles. The van der Waals surface area contributed by atoms with E-state index in [-0.39, 0.29) is 11.8 Å². The van der Waals surface area contributed by atoms with E-state index in [0.29, 0.717) is 31.0 Å². The van der Waals surface area contributed by atoms with Crippen molar-refractivity contribution >= 4 is 29.0 Å². The molecule has 3 heterocycles. The van der Waals surface area contributed by atoms with Crippen molar-refractivity contribution in [3.8, 4) is 0 Å². The van der Waals surface area contributed by atoms with Crippen LogP contribution in [-0.2, 0) is 17.6 Å². The molecular formula is C19H19N5O3S. The molecule has 0 unspecified atom stereocenters. The van der Waals surface area contributed by atoms with E-state index in [9.17, 15) is 9.59 Å². The average Bonchev–Trinajstić information content (AvgIpc) is 3.28. The number of benzene rings is 1. The van der Waals surface area contributed by atoms with Crippen LogP contribution in [0.15, 0.2) is 34.7 Å². The maximum atomic E-state index is 12.7. The lowest BCUT2D eigenvalue weighted by atomic mass is 10.1. The van der Waals surface area contributed by atoms with Gasteiger partial charge in [-0.05, 0) is 25.3 Å². The molecule has 1 aliphatic rings. The second-order valence-electron chi connectivity index (χ2n) is 6.60. The molecule has 3 aromatic rings. The number of anilines is 1. The third-order valence-electron chi connectivity index (χ3n) is 4.55. The molecule has 0 saturated heterocycles. The summed E-state index contributed by atoms with van der Waals surface area (Å²) in [5, 5.41) is 11.4. The zero-order valence-corrected chi connectivity index (χ0v) is 16.3. The molecule has 1 aromatic carbocycles. The van der Waals surface area contributed by atoms with E-state index in [1.807, 2.05) is 37.3 Å². The first-order chi connectivity index (χ1) is 13.5. The fourth-order valence-electron chi connectivity index (χ4n) is 3.16. The summed E-state index contributed by atoms with van der Waals surface area (Å²) in [6.07, 6.45) is 1.61. The standard InChI is InChI=1S/C19H19N5O3S/c1-11-20-16-14(28-11)9-8-13(19(26)24(16)2)21-17(25)18-23-22-15(27-18)10-12-6-4-3-5-7-12/h3-7,13H,8-10H2,1-2H3,(H,21,25)/t13-/m0/s1. The van der Waals surface area contributed by atoms with E-state index < -0.39 is 11.9 Å². The molecule has 1 atom stereocenters. The predicted octanol–water partition coefficient (Wildman–Crippen LogP) is 2.13. The summed E-state index contributed by atoms with van der Waals surface area (Å²) in [6.45, 7) is 1.92. The highest BCUT2D eigenvalue weighted by atomic mass is 32.1. The Kier molecular flexibility index (Phi) is 4.91. The van der Waals surface area contributed by atoms with Crippen LogP contribution in [0.2, 0.25) is 0 Å². The topological polar surface area (TPSA) is 101 Å².